The first-order chi connectivity index (χ1) is 6.74. The van der Waals surface area contributed by atoms with Crippen LogP contribution in [0.4, 0.5) is 5.69 Å². The highest BCUT2D eigenvalue weighted by Crippen LogP contribution is 2.00. The zero-order chi connectivity index (χ0) is 10.4. The van der Waals surface area contributed by atoms with E-state index >= 15 is 0 Å². The maximum absolute atomic E-state index is 11.2. The van der Waals surface area contributed by atoms with Crippen LogP contribution in [0.15, 0.2) is 35.3 Å². The van der Waals surface area contributed by atoms with Crippen LogP contribution in [-0.4, -0.2) is 11.1 Å². The van der Waals surface area contributed by atoms with Gasteiger partial charge in [0.25, 0.3) is 5.56 Å². The van der Waals surface area contributed by atoms with Crippen LogP contribution in [0.5, 0.6) is 0 Å². The van der Waals surface area contributed by atoms with Crippen LogP contribution >= 0.6 is 0 Å². The van der Waals surface area contributed by atoms with Gasteiger partial charge in [-0.3, -0.25) is 4.79 Å². The van der Waals surface area contributed by atoms with Crippen molar-refractivity contribution in [1.29, 1.82) is 0 Å². The lowest BCUT2D eigenvalue weighted by molar-refractivity contribution is 0.860. The highest BCUT2D eigenvalue weighted by Gasteiger charge is 1.92. The summed E-state index contributed by atoms with van der Waals surface area (Å²) in [6.07, 6.45) is 6.94. The minimum Gasteiger partial charge on any atom is -0.381 e. The Balaban J connectivity index is 2.56. The van der Waals surface area contributed by atoms with Crippen LogP contribution in [0.1, 0.15) is 13.3 Å². The molecule has 0 unspecified atom stereocenters. The predicted molar refractivity (Wildman–Crippen MR) is 59.6 cm³/mol. The molecule has 0 aliphatic carbocycles. The minimum atomic E-state index is 0.00877. The van der Waals surface area contributed by atoms with Crippen molar-refractivity contribution in [3.8, 4) is 0 Å². The van der Waals surface area contributed by atoms with Gasteiger partial charge in [-0.25, -0.2) is 0 Å². The van der Waals surface area contributed by atoms with Crippen LogP contribution < -0.4 is 10.9 Å². The van der Waals surface area contributed by atoms with E-state index in [1.165, 1.54) is 0 Å². The van der Waals surface area contributed by atoms with Gasteiger partial charge in [-0.05, 0) is 12.5 Å². The Hall–Kier alpha value is -1.51. The Morgan fingerprint density at radius 3 is 2.93 bits per heavy atom. The lowest BCUT2D eigenvalue weighted by atomic mass is 10.3. The average Bonchev–Trinajstić information content (AvgIpc) is 2.18. The van der Waals surface area contributed by atoms with Crippen LogP contribution in [-0.2, 0) is 7.05 Å². The summed E-state index contributed by atoms with van der Waals surface area (Å²) in [4.78, 5) is 11.2. The van der Waals surface area contributed by atoms with Crippen LogP contribution in [0, 0.1) is 0 Å². The standard InChI is InChI=1S/C11H16N2O/c1-3-4-5-7-12-10-6-8-13(2)11(14)9-10/h4-6,8-9,12H,3,7H2,1-2H3/b5-4+. The third kappa shape index (κ3) is 3.09. The molecule has 0 amide bonds. The van der Waals surface area contributed by atoms with E-state index in [1.54, 1.807) is 23.9 Å². The third-order valence-corrected chi connectivity index (χ3v) is 1.93. The topological polar surface area (TPSA) is 34.0 Å². The zero-order valence-electron chi connectivity index (χ0n) is 8.66. The number of allylic oxidation sites excluding steroid dienone is 1. The van der Waals surface area contributed by atoms with Gasteiger partial charge in [-0.1, -0.05) is 19.1 Å². The van der Waals surface area contributed by atoms with Crippen molar-refractivity contribution in [2.45, 2.75) is 13.3 Å². The second kappa shape index (κ2) is 5.27. The van der Waals surface area contributed by atoms with E-state index in [2.05, 4.69) is 24.4 Å². The molecule has 0 aliphatic heterocycles. The van der Waals surface area contributed by atoms with Gasteiger partial charge >= 0.3 is 0 Å². The van der Waals surface area contributed by atoms with Gasteiger partial charge in [0.2, 0.25) is 0 Å². The summed E-state index contributed by atoms with van der Waals surface area (Å²) in [5.41, 5.74) is 0.878. The molecule has 1 heterocycles. The molecule has 0 spiro atoms. The summed E-state index contributed by atoms with van der Waals surface area (Å²) in [6, 6.07) is 3.49. The van der Waals surface area contributed by atoms with Gasteiger partial charge in [0, 0.05) is 31.5 Å². The van der Waals surface area contributed by atoms with Crippen LogP contribution in [0.2, 0.25) is 0 Å². The molecule has 0 aliphatic rings. The number of aryl methyl sites for hydroxylation is 1. The number of pyridine rings is 1. The molecule has 0 atom stereocenters. The number of anilines is 1. The van der Waals surface area contributed by atoms with Crippen molar-refractivity contribution in [3.63, 3.8) is 0 Å². The number of rotatable bonds is 4. The lowest BCUT2D eigenvalue weighted by Crippen LogP contribution is -2.15. The summed E-state index contributed by atoms with van der Waals surface area (Å²) in [5, 5.41) is 3.15. The van der Waals surface area contributed by atoms with Gasteiger partial charge in [0.15, 0.2) is 0 Å². The molecule has 1 aromatic rings. The maximum atomic E-state index is 11.2. The van der Waals surface area contributed by atoms with Gasteiger partial charge in [0.05, 0.1) is 0 Å². The molecule has 0 bridgehead atoms. The molecule has 76 valence electrons. The number of hydrogen-bond donors (Lipinski definition) is 1. The predicted octanol–water partition coefficient (Wildman–Crippen LogP) is 1.76. The molecular weight excluding hydrogens is 176 g/mol. The fraction of sp³-hybridized carbons (Fsp3) is 0.364. The Bertz CT molecular complexity index is 366. The van der Waals surface area contributed by atoms with E-state index in [0.717, 1.165) is 18.7 Å². The van der Waals surface area contributed by atoms with E-state index < -0.39 is 0 Å². The molecule has 14 heavy (non-hydrogen) atoms. The van der Waals surface area contributed by atoms with Gasteiger partial charge in [-0.15, -0.1) is 0 Å². The van der Waals surface area contributed by atoms with E-state index in [1.807, 2.05) is 6.07 Å². The van der Waals surface area contributed by atoms with Crippen molar-refractivity contribution in [1.82, 2.24) is 4.57 Å². The summed E-state index contributed by atoms with van der Waals surface area (Å²) in [6.45, 7) is 2.86. The summed E-state index contributed by atoms with van der Waals surface area (Å²) < 4.78 is 1.55. The molecule has 0 fully saturated rings. The van der Waals surface area contributed by atoms with Gasteiger partial charge < -0.3 is 9.88 Å². The largest absolute Gasteiger partial charge is 0.381 e. The Kier molecular flexibility index (Phi) is 3.98. The van der Waals surface area contributed by atoms with E-state index in [4.69, 9.17) is 0 Å². The monoisotopic (exact) mass is 192 g/mol. The molecule has 1 aromatic heterocycles. The number of nitrogens with one attached hydrogen (secondary N) is 1. The normalized spacial score (nSPS) is 10.7. The fourth-order valence-corrected chi connectivity index (χ4v) is 1.09. The quantitative estimate of drug-likeness (QED) is 0.738. The fourth-order valence-electron chi connectivity index (χ4n) is 1.09. The Morgan fingerprint density at radius 2 is 2.29 bits per heavy atom. The van der Waals surface area contributed by atoms with E-state index in [-0.39, 0.29) is 5.56 Å². The molecule has 1 N–H and O–H groups in total. The summed E-state index contributed by atoms with van der Waals surface area (Å²) >= 11 is 0. The first-order valence-electron chi connectivity index (χ1n) is 4.79. The van der Waals surface area contributed by atoms with Gasteiger partial charge in [-0.2, -0.15) is 0 Å². The highest BCUT2D eigenvalue weighted by atomic mass is 16.1. The summed E-state index contributed by atoms with van der Waals surface area (Å²) in [5.74, 6) is 0. The van der Waals surface area contributed by atoms with Crippen molar-refractivity contribution < 1.29 is 0 Å². The number of aromatic nitrogens is 1. The van der Waals surface area contributed by atoms with Crippen molar-refractivity contribution in [3.05, 3.63) is 40.8 Å². The highest BCUT2D eigenvalue weighted by molar-refractivity contribution is 5.41. The van der Waals surface area contributed by atoms with Crippen molar-refractivity contribution in [2.24, 2.45) is 7.05 Å². The molecule has 3 nitrogen and oxygen atoms in total. The average molecular weight is 192 g/mol. The molecular formula is C11H16N2O. The van der Waals surface area contributed by atoms with Gasteiger partial charge in [0.1, 0.15) is 0 Å². The maximum Gasteiger partial charge on any atom is 0.252 e. The van der Waals surface area contributed by atoms with Crippen molar-refractivity contribution >= 4 is 5.69 Å². The second-order valence-corrected chi connectivity index (χ2v) is 3.13. The smallest absolute Gasteiger partial charge is 0.252 e. The Labute approximate surface area is 84.1 Å². The Morgan fingerprint density at radius 1 is 1.50 bits per heavy atom. The van der Waals surface area contributed by atoms with E-state index in [9.17, 15) is 4.79 Å². The molecule has 1 rings (SSSR count). The lowest BCUT2D eigenvalue weighted by Gasteiger charge is -2.03. The van der Waals surface area contributed by atoms with Crippen LogP contribution in [0.3, 0.4) is 0 Å². The summed E-state index contributed by atoms with van der Waals surface area (Å²) in [7, 11) is 1.74. The van der Waals surface area contributed by atoms with Crippen molar-refractivity contribution in [2.75, 3.05) is 11.9 Å². The zero-order valence-corrected chi connectivity index (χ0v) is 8.66. The molecule has 0 saturated carbocycles. The number of nitrogens with zero attached hydrogens (tertiary/aromatic N) is 1. The molecule has 3 heteroatoms. The van der Waals surface area contributed by atoms with E-state index in [0.29, 0.717) is 0 Å². The second-order valence-electron chi connectivity index (χ2n) is 3.13. The molecule has 0 saturated heterocycles. The third-order valence-electron chi connectivity index (χ3n) is 1.93. The minimum absolute atomic E-state index is 0.00877. The first kappa shape index (κ1) is 10.6. The molecule has 0 aromatic carbocycles. The number of hydrogen-bond acceptors (Lipinski definition) is 2. The SMILES string of the molecule is CC/C=C/CNc1ccn(C)c(=O)c1. The first-order valence-corrected chi connectivity index (χ1v) is 4.79. The molecule has 0 radical (unpaired) electrons. The van der Waals surface area contributed by atoms with Crippen LogP contribution in [0.25, 0.3) is 0 Å².